The summed E-state index contributed by atoms with van der Waals surface area (Å²) in [7, 11) is 1.85. The zero-order chi connectivity index (χ0) is 7.11. The van der Waals surface area contributed by atoms with E-state index >= 15 is 0 Å². The number of hydrogen-bond acceptors (Lipinski definition) is 2. The molecule has 0 aromatic rings. The van der Waals surface area contributed by atoms with Gasteiger partial charge in [-0.25, -0.2) is 0 Å². The van der Waals surface area contributed by atoms with Crippen molar-refractivity contribution in [3.63, 3.8) is 0 Å². The smallest absolute Gasteiger partial charge is 0.0898 e. The Hall–Kier alpha value is -0.150. The Morgan fingerprint density at radius 1 is 1.67 bits per heavy atom. The molecule has 0 amide bonds. The van der Waals surface area contributed by atoms with Crippen LogP contribution in [-0.4, -0.2) is 26.8 Å². The second kappa shape index (κ2) is 5.98. The molecule has 0 aliphatic heterocycles. The Bertz CT molecular complexity index is 53.0. The van der Waals surface area contributed by atoms with Gasteiger partial charge >= 0.3 is 0 Å². The highest BCUT2D eigenvalue weighted by Crippen LogP contribution is 1.98. The lowest BCUT2D eigenvalue weighted by molar-refractivity contribution is 0.383. The van der Waals surface area contributed by atoms with E-state index in [-0.39, 0.29) is 6.67 Å². The Morgan fingerprint density at radius 3 is 2.67 bits per heavy atom. The SMILES string of the molecule is CNCC(CN)CCF. The van der Waals surface area contributed by atoms with Crippen molar-refractivity contribution in [1.82, 2.24) is 5.32 Å². The van der Waals surface area contributed by atoms with Crippen LogP contribution in [0.15, 0.2) is 0 Å². The van der Waals surface area contributed by atoms with Crippen LogP contribution in [0.1, 0.15) is 6.42 Å². The number of nitrogens with one attached hydrogen (secondary N) is 1. The van der Waals surface area contributed by atoms with E-state index in [1.807, 2.05) is 7.05 Å². The number of halogens is 1. The molecule has 1 unspecified atom stereocenters. The average molecular weight is 134 g/mol. The molecule has 0 aromatic carbocycles. The first-order valence-electron chi connectivity index (χ1n) is 3.25. The zero-order valence-electron chi connectivity index (χ0n) is 5.86. The normalized spacial score (nSPS) is 13.7. The zero-order valence-corrected chi connectivity index (χ0v) is 5.86. The van der Waals surface area contributed by atoms with Crippen molar-refractivity contribution in [3.05, 3.63) is 0 Å². The molecule has 0 heterocycles. The Morgan fingerprint density at radius 2 is 2.33 bits per heavy atom. The molecule has 0 radical (unpaired) electrons. The third-order valence-electron chi connectivity index (χ3n) is 1.34. The molecule has 0 rings (SSSR count). The fraction of sp³-hybridized carbons (Fsp3) is 1.00. The van der Waals surface area contributed by atoms with Gasteiger partial charge in [-0.3, -0.25) is 4.39 Å². The number of rotatable bonds is 5. The third kappa shape index (κ3) is 4.36. The van der Waals surface area contributed by atoms with Crippen LogP contribution in [0.25, 0.3) is 0 Å². The highest BCUT2D eigenvalue weighted by molar-refractivity contribution is 4.60. The van der Waals surface area contributed by atoms with E-state index in [4.69, 9.17) is 5.73 Å². The van der Waals surface area contributed by atoms with Gasteiger partial charge in [0.1, 0.15) is 0 Å². The van der Waals surface area contributed by atoms with Gasteiger partial charge in [0.25, 0.3) is 0 Å². The summed E-state index contributed by atoms with van der Waals surface area (Å²) in [5.74, 6) is 0.306. The van der Waals surface area contributed by atoms with Crippen molar-refractivity contribution in [2.24, 2.45) is 11.7 Å². The molecule has 0 saturated carbocycles. The maximum absolute atomic E-state index is 11.7. The number of nitrogens with two attached hydrogens (primary N) is 1. The molecular weight excluding hydrogens is 119 g/mol. The van der Waals surface area contributed by atoms with Gasteiger partial charge in [0, 0.05) is 0 Å². The Balaban J connectivity index is 3.18. The summed E-state index contributed by atoms with van der Waals surface area (Å²) in [6.45, 7) is 1.13. The highest BCUT2D eigenvalue weighted by Gasteiger charge is 2.02. The van der Waals surface area contributed by atoms with Gasteiger partial charge in [0.2, 0.25) is 0 Å². The standard InChI is InChI=1S/C6H15FN2/c1-9-5-6(4-8)2-3-7/h6,9H,2-5,8H2,1H3. The molecule has 2 nitrogen and oxygen atoms in total. The molecule has 0 saturated heterocycles. The second-order valence-electron chi connectivity index (χ2n) is 2.14. The van der Waals surface area contributed by atoms with Crippen molar-refractivity contribution >= 4 is 0 Å². The number of alkyl halides is 1. The van der Waals surface area contributed by atoms with Gasteiger partial charge in [-0.05, 0) is 32.5 Å². The van der Waals surface area contributed by atoms with Gasteiger partial charge in [-0.1, -0.05) is 0 Å². The van der Waals surface area contributed by atoms with Crippen LogP contribution >= 0.6 is 0 Å². The molecule has 0 spiro atoms. The van der Waals surface area contributed by atoms with E-state index < -0.39 is 0 Å². The second-order valence-corrected chi connectivity index (χ2v) is 2.14. The minimum atomic E-state index is -0.260. The van der Waals surface area contributed by atoms with Crippen LogP contribution in [0.4, 0.5) is 4.39 Å². The van der Waals surface area contributed by atoms with Crippen molar-refractivity contribution in [2.45, 2.75) is 6.42 Å². The number of hydrogen-bond donors (Lipinski definition) is 2. The minimum Gasteiger partial charge on any atom is -0.330 e. The summed E-state index contributed by atoms with van der Waals surface area (Å²) in [6, 6.07) is 0. The summed E-state index contributed by atoms with van der Waals surface area (Å²) in [5, 5.41) is 2.96. The van der Waals surface area contributed by atoms with Crippen LogP contribution in [-0.2, 0) is 0 Å². The fourth-order valence-corrected chi connectivity index (χ4v) is 0.746. The Kier molecular flexibility index (Phi) is 5.88. The highest BCUT2D eigenvalue weighted by atomic mass is 19.1. The molecule has 1 atom stereocenters. The summed E-state index contributed by atoms with van der Waals surface area (Å²) >= 11 is 0. The van der Waals surface area contributed by atoms with Crippen molar-refractivity contribution in [3.8, 4) is 0 Å². The van der Waals surface area contributed by atoms with Gasteiger partial charge in [-0.15, -0.1) is 0 Å². The first kappa shape index (κ1) is 8.85. The molecular formula is C6H15FN2. The molecule has 0 aliphatic carbocycles. The van der Waals surface area contributed by atoms with Crippen molar-refractivity contribution < 1.29 is 4.39 Å². The van der Waals surface area contributed by atoms with E-state index in [0.717, 1.165) is 6.54 Å². The summed E-state index contributed by atoms with van der Waals surface area (Å²) < 4.78 is 11.7. The summed E-state index contributed by atoms with van der Waals surface area (Å²) in [6.07, 6.45) is 0.581. The van der Waals surface area contributed by atoms with Crippen LogP contribution in [0.3, 0.4) is 0 Å². The first-order valence-corrected chi connectivity index (χ1v) is 3.25. The summed E-state index contributed by atoms with van der Waals surface area (Å²) in [5.41, 5.74) is 5.34. The van der Waals surface area contributed by atoms with E-state index in [0.29, 0.717) is 18.9 Å². The van der Waals surface area contributed by atoms with E-state index in [9.17, 15) is 4.39 Å². The van der Waals surface area contributed by atoms with Gasteiger partial charge in [0.05, 0.1) is 6.67 Å². The third-order valence-corrected chi connectivity index (χ3v) is 1.34. The predicted octanol–water partition coefficient (Wildman–Crippen LogP) is 0.140. The molecule has 56 valence electrons. The fourth-order valence-electron chi connectivity index (χ4n) is 0.746. The van der Waals surface area contributed by atoms with Crippen LogP contribution in [0.5, 0.6) is 0 Å². The lowest BCUT2D eigenvalue weighted by atomic mass is 10.1. The van der Waals surface area contributed by atoms with E-state index in [1.54, 1.807) is 0 Å². The molecule has 0 aromatic heterocycles. The largest absolute Gasteiger partial charge is 0.330 e. The molecule has 9 heavy (non-hydrogen) atoms. The minimum absolute atomic E-state index is 0.260. The molecule has 0 fully saturated rings. The lowest BCUT2D eigenvalue weighted by Gasteiger charge is -2.10. The van der Waals surface area contributed by atoms with Crippen LogP contribution in [0.2, 0.25) is 0 Å². The lowest BCUT2D eigenvalue weighted by Crippen LogP contribution is -2.26. The van der Waals surface area contributed by atoms with E-state index in [1.165, 1.54) is 0 Å². The quantitative estimate of drug-likeness (QED) is 0.561. The van der Waals surface area contributed by atoms with Crippen molar-refractivity contribution in [1.29, 1.82) is 0 Å². The molecule has 3 N–H and O–H groups in total. The van der Waals surface area contributed by atoms with Crippen LogP contribution < -0.4 is 11.1 Å². The van der Waals surface area contributed by atoms with Gasteiger partial charge in [0.15, 0.2) is 0 Å². The summed E-state index contributed by atoms with van der Waals surface area (Å²) in [4.78, 5) is 0. The maximum Gasteiger partial charge on any atom is 0.0898 e. The van der Waals surface area contributed by atoms with Crippen molar-refractivity contribution in [2.75, 3.05) is 26.8 Å². The molecule has 3 heteroatoms. The average Bonchev–Trinajstić information content (AvgIpc) is 1.88. The van der Waals surface area contributed by atoms with Gasteiger partial charge in [-0.2, -0.15) is 0 Å². The molecule has 0 aliphatic rings. The monoisotopic (exact) mass is 134 g/mol. The maximum atomic E-state index is 11.7. The van der Waals surface area contributed by atoms with E-state index in [2.05, 4.69) is 5.32 Å². The predicted molar refractivity (Wildman–Crippen MR) is 37.1 cm³/mol. The van der Waals surface area contributed by atoms with Gasteiger partial charge < -0.3 is 11.1 Å². The first-order chi connectivity index (χ1) is 4.35. The van der Waals surface area contributed by atoms with Crippen LogP contribution in [0, 0.1) is 5.92 Å². The molecule has 0 bridgehead atoms. The topological polar surface area (TPSA) is 38.0 Å². The Labute approximate surface area is 55.6 Å².